The summed E-state index contributed by atoms with van der Waals surface area (Å²) in [5.74, 6) is -2.28. The molecule has 0 aliphatic heterocycles. The van der Waals surface area contributed by atoms with E-state index in [1.165, 1.54) is 11.3 Å². The summed E-state index contributed by atoms with van der Waals surface area (Å²) in [5.41, 5.74) is 1.44. The smallest absolute Gasteiger partial charge is 0.391 e. The van der Waals surface area contributed by atoms with Crippen molar-refractivity contribution in [1.29, 1.82) is 0 Å². The number of aryl methyl sites for hydroxylation is 1. The standard InChI is InChI=1S/C15H14F3N3O2S/c1-20-6-9-12-10(4-11(24-12)14(22)23)21(13(9)19-20)5-7-2-8(3-7)15(16,17)18/h4,6-8H,2-3,5H2,1H3,(H,22,23)/t7-,8+. The molecule has 3 aromatic heterocycles. The van der Waals surface area contributed by atoms with Gasteiger partial charge in [0, 0.05) is 19.8 Å². The molecular weight excluding hydrogens is 343 g/mol. The maximum absolute atomic E-state index is 12.7. The molecule has 1 N–H and O–H groups in total. The van der Waals surface area contributed by atoms with Crippen molar-refractivity contribution in [2.45, 2.75) is 25.6 Å². The van der Waals surface area contributed by atoms with E-state index >= 15 is 0 Å². The highest BCUT2D eigenvalue weighted by Crippen LogP contribution is 2.46. The molecule has 0 spiro atoms. The number of aromatic carboxylic acids is 1. The molecular formula is C15H14F3N3O2S. The predicted octanol–water partition coefficient (Wildman–Crippen LogP) is 3.88. The van der Waals surface area contributed by atoms with Gasteiger partial charge in [0.2, 0.25) is 0 Å². The first-order chi connectivity index (χ1) is 11.2. The Balaban J connectivity index is 1.71. The number of fused-ring (bicyclic) bond motifs is 3. The van der Waals surface area contributed by atoms with Crippen LogP contribution in [-0.2, 0) is 13.6 Å². The molecule has 0 bridgehead atoms. The van der Waals surface area contributed by atoms with Crippen LogP contribution in [-0.4, -0.2) is 31.6 Å². The van der Waals surface area contributed by atoms with E-state index in [1.54, 1.807) is 17.8 Å². The number of nitrogens with zero attached hydrogens (tertiary/aromatic N) is 3. The second-order valence-electron chi connectivity index (χ2n) is 6.36. The van der Waals surface area contributed by atoms with Crippen molar-refractivity contribution in [3.63, 3.8) is 0 Å². The number of thiophene rings is 1. The lowest BCUT2D eigenvalue weighted by molar-refractivity contribution is -0.205. The second kappa shape index (κ2) is 4.98. The molecule has 3 heterocycles. The average molecular weight is 357 g/mol. The van der Waals surface area contributed by atoms with Gasteiger partial charge in [-0.3, -0.25) is 4.68 Å². The van der Waals surface area contributed by atoms with E-state index in [0.717, 1.165) is 15.6 Å². The summed E-state index contributed by atoms with van der Waals surface area (Å²) in [6.45, 7) is 0.430. The SMILES string of the molecule is Cn1cc2c3sc(C(=O)O)cc3n(C[C@H]3C[C@@H](C(F)(F)F)C3)c2n1. The Morgan fingerprint density at radius 3 is 2.79 bits per heavy atom. The van der Waals surface area contributed by atoms with Gasteiger partial charge >= 0.3 is 12.1 Å². The fraction of sp³-hybridized carbons (Fsp3) is 0.467. The van der Waals surface area contributed by atoms with Crippen LogP contribution in [0.3, 0.4) is 0 Å². The van der Waals surface area contributed by atoms with Crippen molar-refractivity contribution in [2.24, 2.45) is 18.9 Å². The predicted molar refractivity (Wildman–Crippen MR) is 83.3 cm³/mol. The van der Waals surface area contributed by atoms with Crippen molar-refractivity contribution in [3.05, 3.63) is 17.1 Å². The van der Waals surface area contributed by atoms with Crippen molar-refractivity contribution >= 4 is 38.6 Å². The summed E-state index contributed by atoms with van der Waals surface area (Å²) in [5, 5.41) is 14.4. The molecule has 9 heteroatoms. The molecule has 3 aromatic rings. The van der Waals surface area contributed by atoms with Gasteiger partial charge in [-0.2, -0.15) is 18.3 Å². The summed E-state index contributed by atoms with van der Waals surface area (Å²) in [7, 11) is 1.77. The third-order valence-electron chi connectivity index (χ3n) is 4.66. The minimum atomic E-state index is -4.12. The minimum absolute atomic E-state index is 0.0643. The Labute approximate surface area is 138 Å². The first-order valence-corrected chi connectivity index (χ1v) is 8.31. The van der Waals surface area contributed by atoms with Crippen LogP contribution in [0, 0.1) is 11.8 Å². The minimum Gasteiger partial charge on any atom is -0.477 e. The molecule has 0 radical (unpaired) electrons. The molecule has 1 aliphatic carbocycles. The Morgan fingerprint density at radius 2 is 2.17 bits per heavy atom. The Bertz CT molecular complexity index is 947. The van der Waals surface area contributed by atoms with E-state index in [4.69, 9.17) is 0 Å². The Kier molecular flexibility index (Phi) is 3.22. The lowest BCUT2D eigenvalue weighted by Crippen LogP contribution is -2.37. The zero-order chi connectivity index (χ0) is 17.2. The van der Waals surface area contributed by atoms with Crippen LogP contribution in [0.25, 0.3) is 21.3 Å². The summed E-state index contributed by atoms with van der Waals surface area (Å²) in [4.78, 5) is 11.4. The third-order valence-corrected chi connectivity index (χ3v) is 5.81. The third kappa shape index (κ3) is 2.29. The molecule has 4 rings (SSSR count). The number of aromatic nitrogens is 3. The highest BCUT2D eigenvalue weighted by molar-refractivity contribution is 7.21. The van der Waals surface area contributed by atoms with E-state index in [9.17, 15) is 23.1 Å². The molecule has 0 unspecified atom stereocenters. The van der Waals surface area contributed by atoms with Gasteiger partial charge in [0.15, 0.2) is 5.65 Å². The largest absolute Gasteiger partial charge is 0.477 e. The molecule has 0 amide bonds. The van der Waals surface area contributed by atoms with Gasteiger partial charge in [0.05, 0.1) is 21.5 Å². The lowest BCUT2D eigenvalue weighted by atomic mass is 9.74. The highest BCUT2D eigenvalue weighted by Gasteiger charge is 2.47. The molecule has 5 nitrogen and oxygen atoms in total. The van der Waals surface area contributed by atoms with Gasteiger partial charge in [-0.05, 0) is 24.8 Å². The van der Waals surface area contributed by atoms with Gasteiger partial charge in [-0.1, -0.05) is 0 Å². The number of carboxylic acids is 1. The van der Waals surface area contributed by atoms with E-state index < -0.39 is 18.1 Å². The maximum atomic E-state index is 12.7. The zero-order valence-electron chi connectivity index (χ0n) is 12.7. The number of hydrogen-bond acceptors (Lipinski definition) is 3. The van der Waals surface area contributed by atoms with Gasteiger partial charge in [0.25, 0.3) is 0 Å². The number of alkyl halides is 3. The molecule has 1 aliphatic rings. The monoisotopic (exact) mass is 357 g/mol. The van der Waals surface area contributed by atoms with Gasteiger partial charge in [-0.25, -0.2) is 4.79 Å². The normalized spacial score (nSPS) is 21.5. The number of carbonyl (C=O) groups is 1. The van der Waals surface area contributed by atoms with Crippen LogP contribution in [0.4, 0.5) is 13.2 Å². The lowest BCUT2D eigenvalue weighted by Gasteiger charge is -2.36. The Hall–Kier alpha value is -2.03. The number of hydrogen-bond donors (Lipinski definition) is 1. The Morgan fingerprint density at radius 1 is 1.46 bits per heavy atom. The molecule has 24 heavy (non-hydrogen) atoms. The van der Waals surface area contributed by atoms with Crippen LogP contribution in [0.2, 0.25) is 0 Å². The van der Waals surface area contributed by atoms with Crippen molar-refractivity contribution in [2.75, 3.05) is 0 Å². The first kappa shape index (κ1) is 15.5. The number of halogens is 3. The van der Waals surface area contributed by atoms with Crippen LogP contribution < -0.4 is 0 Å². The van der Waals surface area contributed by atoms with Crippen LogP contribution >= 0.6 is 11.3 Å². The van der Waals surface area contributed by atoms with E-state index in [1.807, 2.05) is 10.8 Å². The number of carboxylic acid groups (broad SMARTS) is 1. The van der Waals surface area contributed by atoms with Crippen LogP contribution in [0.1, 0.15) is 22.5 Å². The van der Waals surface area contributed by atoms with Crippen molar-refractivity contribution in [3.8, 4) is 0 Å². The van der Waals surface area contributed by atoms with Crippen LogP contribution in [0.15, 0.2) is 12.3 Å². The highest BCUT2D eigenvalue weighted by atomic mass is 32.1. The molecule has 1 saturated carbocycles. The van der Waals surface area contributed by atoms with Gasteiger partial charge in [0.1, 0.15) is 4.88 Å². The molecule has 1 fully saturated rings. The van der Waals surface area contributed by atoms with Crippen LogP contribution in [0.5, 0.6) is 0 Å². The summed E-state index contributed by atoms with van der Waals surface area (Å²) in [6.07, 6.45) is -2.07. The topological polar surface area (TPSA) is 60.1 Å². The average Bonchev–Trinajstić information content (AvgIpc) is 3.04. The van der Waals surface area contributed by atoms with Crippen molar-refractivity contribution in [1.82, 2.24) is 14.3 Å². The summed E-state index contributed by atoms with van der Waals surface area (Å²) >= 11 is 1.17. The van der Waals surface area contributed by atoms with Crippen molar-refractivity contribution < 1.29 is 23.1 Å². The fourth-order valence-corrected chi connectivity index (χ4v) is 4.43. The van der Waals surface area contributed by atoms with Gasteiger partial charge in [-0.15, -0.1) is 11.3 Å². The van der Waals surface area contributed by atoms with E-state index in [0.29, 0.717) is 12.2 Å². The van der Waals surface area contributed by atoms with E-state index in [-0.39, 0.29) is 23.6 Å². The summed E-state index contributed by atoms with van der Waals surface area (Å²) < 4.78 is 42.3. The zero-order valence-corrected chi connectivity index (χ0v) is 13.5. The molecule has 0 saturated heterocycles. The molecule has 128 valence electrons. The molecule has 0 atom stereocenters. The van der Waals surface area contributed by atoms with Gasteiger partial charge < -0.3 is 9.67 Å². The fourth-order valence-electron chi connectivity index (χ4n) is 3.43. The second-order valence-corrected chi connectivity index (χ2v) is 7.41. The number of rotatable bonds is 3. The maximum Gasteiger partial charge on any atom is 0.391 e. The van der Waals surface area contributed by atoms with E-state index in [2.05, 4.69) is 5.10 Å². The molecule has 0 aromatic carbocycles. The summed E-state index contributed by atoms with van der Waals surface area (Å²) in [6, 6.07) is 1.59. The quantitative estimate of drug-likeness (QED) is 0.774. The first-order valence-electron chi connectivity index (χ1n) is 7.49.